The number of aliphatic hydroxyl groups is 4. The monoisotopic (exact) mass is 492 g/mol. The summed E-state index contributed by atoms with van der Waals surface area (Å²) in [5.41, 5.74) is 1.40. The van der Waals surface area contributed by atoms with Gasteiger partial charge in [-0.2, -0.15) is 0 Å². The van der Waals surface area contributed by atoms with Crippen LogP contribution in [0.25, 0.3) is 11.0 Å². The normalized spacial score (nSPS) is 24.9. The van der Waals surface area contributed by atoms with Crippen LogP contribution in [0.2, 0.25) is 0 Å². The third kappa shape index (κ3) is 6.41. The van der Waals surface area contributed by atoms with Gasteiger partial charge >= 0.3 is 5.63 Å². The van der Waals surface area contributed by atoms with Crippen LogP contribution in [-0.4, -0.2) is 69.5 Å². The first-order valence-corrected chi connectivity index (χ1v) is 11.3. The summed E-state index contributed by atoms with van der Waals surface area (Å²) in [6, 6.07) is 4.31. The van der Waals surface area contributed by atoms with Gasteiger partial charge in [0.1, 0.15) is 42.4 Å². The molecule has 1 aromatic carbocycles. The average Bonchev–Trinajstić information content (AvgIpc) is 2.81. The van der Waals surface area contributed by atoms with Crippen LogP contribution >= 0.6 is 0 Å². The molecule has 0 bridgehead atoms. The van der Waals surface area contributed by atoms with Crippen LogP contribution in [0.4, 0.5) is 0 Å². The lowest BCUT2D eigenvalue weighted by molar-refractivity contribution is -0.277. The highest BCUT2D eigenvalue weighted by Gasteiger charge is 2.44. The number of allylic oxidation sites excluding steroid dienone is 3. The predicted octanol–water partition coefficient (Wildman–Crippen LogP) is 1.75. The molecule has 10 heteroatoms. The second-order valence-corrected chi connectivity index (χ2v) is 8.72. The van der Waals surface area contributed by atoms with E-state index in [2.05, 4.69) is 6.08 Å². The summed E-state index contributed by atoms with van der Waals surface area (Å²) in [5.74, 6) is -0.587. The number of hydrogen-bond acceptors (Lipinski definition) is 10. The Morgan fingerprint density at radius 3 is 2.51 bits per heavy atom. The highest BCUT2D eigenvalue weighted by Crippen LogP contribution is 2.34. The molecular formula is C25H32O10. The number of benzene rings is 1. The van der Waals surface area contributed by atoms with Gasteiger partial charge in [0.25, 0.3) is 0 Å². The van der Waals surface area contributed by atoms with E-state index in [1.807, 2.05) is 26.8 Å². The van der Waals surface area contributed by atoms with Gasteiger partial charge < -0.3 is 44.2 Å². The number of hydrogen-bond donors (Lipinski definition) is 5. The fourth-order valence-electron chi connectivity index (χ4n) is 3.62. The third-order valence-corrected chi connectivity index (χ3v) is 5.66. The van der Waals surface area contributed by atoms with Crippen molar-refractivity contribution in [2.24, 2.45) is 0 Å². The Labute approximate surface area is 202 Å². The van der Waals surface area contributed by atoms with Crippen molar-refractivity contribution < 1.29 is 44.2 Å². The minimum absolute atomic E-state index is 0.0380. The molecule has 35 heavy (non-hydrogen) atoms. The summed E-state index contributed by atoms with van der Waals surface area (Å²) in [4.78, 5) is 12.2. The van der Waals surface area contributed by atoms with Gasteiger partial charge in [-0.1, -0.05) is 17.2 Å². The highest BCUT2D eigenvalue weighted by molar-refractivity contribution is 5.86. The van der Waals surface area contributed by atoms with Crippen molar-refractivity contribution >= 4 is 11.0 Å². The molecule has 1 aromatic heterocycles. The van der Waals surface area contributed by atoms with E-state index >= 15 is 0 Å². The van der Waals surface area contributed by atoms with Crippen molar-refractivity contribution in [2.75, 3.05) is 13.2 Å². The maximum Gasteiger partial charge on any atom is 0.382 e. The third-order valence-electron chi connectivity index (χ3n) is 5.66. The summed E-state index contributed by atoms with van der Waals surface area (Å²) in [6.45, 7) is 5.59. The van der Waals surface area contributed by atoms with Crippen molar-refractivity contribution in [3.05, 3.63) is 51.9 Å². The van der Waals surface area contributed by atoms with Gasteiger partial charge in [-0.25, -0.2) is 4.79 Å². The van der Waals surface area contributed by atoms with Crippen LogP contribution in [0.5, 0.6) is 17.2 Å². The van der Waals surface area contributed by atoms with E-state index in [4.69, 9.17) is 18.6 Å². The van der Waals surface area contributed by atoms with E-state index in [1.165, 1.54) is 23.8 Å². The van der Waals surface area contributed by atoms with E-state index in [0.717, 1.165) is 18.4 Å². The number of fused-ring (bicyclic) bond motifs is 1. The van der Waals surface area contributed by atoms with Gasteiger partial charge in [-0.05, 0) is 51.8 Å². The Kier molecular flexibility index (Phi) is 8.92. The first kappa shape index (κ1) is 26.7. The second-order valence-electron chi connectivity index (χ2n) is 8.72. The lowest BCUT2D eigenvalue weighted by Gasteiger charge is -2.39. The van der Waals surface area contributed by atoms with Gasteiger partial charge in [-0.15, -0.1) is 0 Å². The molecule has 5 N–H and O–H groups in total. The maximum absolute atomic E-state index is 12.2. The molecule has 0 aliphatic carbocycles. The first-order valence-electron chi connectivity index (χ1n) is 11.3. The summed E-state index contributed by atoms with van der Waals surface area (Å²) in [6.07, 6.45) is -1.46. The molecule has 0 spiro atoms. The van der Waals surface area contributed by atoms with Crippen LogP contribution in [0.1, 0.15) is 33.6 Å². The minimum Gasteiger partial charge on any atom is -0.499 e. The van der Waals surface area contributed by atoms with Gasteiger partial charge in [0, 0.05) is 6.07 Å². The molecule has 2 aromatic rings. The molecule has 0 amide bonds. The largest absolute Gasteiger partial charge is 0.499 e. The average molecular weight is 493 g/mol. The van der Waals surface area contributed by atoms with Crippen molar-refractivity contribution in [2.45, 2.75) is 64.3 Å². The van der Waals surface area contributed by atoms with E-state index in [1.54, 1.807) is 0 Å². The Hall–Kier alpha value is -2.89. The second kappa shape index (κ2) is 11.7. The zero-order chi connectivity index (χ0) is 25.7. The van der Waals surface area contributed by atoms with E-state index in [9.17, 15) is 30.3 Å². The molecule has 1 fully saturated rings. The number of rotatable bonds is 9. The molecule has 192 valence electrons. The van der Waals surface area contributed by atoms with Gasteiger partial charge in [-0.3, -0.25) is 0 Å². The van der Waals surface area contributed by atoms with E-state index in [-0.39, 0.29) is 23.7 Å². The Bertz CT molecular complexity index is 1130. The minimum atomic E-state index is -1.60. The molecule has 0 unspecified atom stereocenters. The van der Waals surface area contributed by atoms with Gasteiger partial charge in [0.05, 0.1) is 12.0 Å². The molecule has 5 atom stereocenters. The molecule has 1 saturated heterocycles. The summed E-state index contributed by atoms with van der Waals surface area (Å²) >= 11 is 0. The molecular weight excluding hydrogens is 460 g/mol. The zero-order valence-corrected chi connectivity index (χ0v) is 19.9. The Morgan fingerprint density at radius 1 is 1.09 bits per heavy atom. The van der Waals surface area contributed by atoms with Crippen molar-refractivity contribution in [3.8, 4) is 17.2 Å². The predicted molar refractivity (Wildman–Crippen MR) is 126 cm³/mol. The highest BCUT2D eigenvalue weighted by atomic mass is 16.7. The quantitative estimate of drug-likeness (QED) is 0.258. The summed E-state index contributed by atoms with van der Waals surface area (Å²) in [5, 5.41) is 49.9. The van der Waals surface area contributed by atoms with Crippen LogP contribution in [0.3, 0.4) is 0 Å². The number of aliphatic hydroxyl groups excluding tert-OH is 4. The smallest absolute Gasteiger partial charge is 0.382 e. The van der Waals surface area contributed by atoms with E-state index < -0.39 is 48.7 Å². The van der Waals surface area contributed by atoms with Crippen LogP contribution in [-0.2, 0) is 4.74 Å². The summed E-state index contributed by atoms with van der Waals surface area (Å²) < 4.78 is 21.7. The van der Waals surface area contributed by atoms with Crippen LogP contribution in [0, 0.1) is 0 Å². The van der Waals surface area contributed by atoms with Crippen molar-refractivity contribution in [3.63, 3.8) is 0 Å². The maximum atomic E-state index is 12.2. The SMILES string of the molecule is CC(C)=CCC/C(C)=C/COc1c(O)c(=O)oc2cc(O[C@@H]3O[C@H](CO)[C@H](O)[C@H](O)[C@H]3O)ccc12. The van der Waals surface area contributed by atoms with Crippen LogP contribution in [0.15, 0.2) is 50.7 Å². The molecule has 2 heterocycles. The van der Waals surface area contributed by atoms with Gasteiger partial charge in [0.2, 0.25) is 12.0 Å². The lowest BCUT2D eigenvalue weighted by atomic mass is 9.99. The molecule has 10 nitrogen and oxygen atoms in total. The molecule has 1 aliphatic rings. The van der Waals surface area contributed by atoms with Gasteiger partial charge in [0.15, 0.2) is 5.75 Å². The molecule has 3 rings (SSSR count). The van der Waals surface area contributed by atoms with Crippen LogP contribution < -0.4 is 15.1 Å². The van der Waals surface area contributed by atoms with Crippen molar-refractivity contribution in [1.29, 1.82) is 0 Å². The molecule has 0 saturated carbocycles. The number of aromatic hydroxyl groups is 1. The standard InChI is InChI=1S/C25H32O10/c1-13(2)5-4-6-14(3)9-10-32-23-16-8-7-15(11-17(16)34-24(31)22(23)30)33-25-21(29)20(28)19(27)18(12-26)35-25/h5,7-9,11,18-21,25-30H,4,6,10,12H2,1-3H3/b14-9+/t18-,19+,20+,21-,25-/m1/s1. The Morgan fingerprint density at radius 2 is 1.83 bits per heavy atom. The fraction of sp³-hybridized carbons (Fsp3) is 0.480. The number of ether oxygens (including phenoxy) is 3. The van der Waals surface area contributed by atoms with Crippen molar-refractivity contribution in [1.82, 2.24) is 0 Å². The summed E-state index contributed by atoms with van der Waals surface area (Å²) in [7, 11) is 0. The van der Waals surface area contributed by atoms with E-state index in [0.29, 0.717) is 5.39 Å². The Balaban J connectivity index is 1.78. The molecule has 0 radical (unpaired) electrons. The molecule has 1 aliphatic heterocycles. The zero-order valence-electron chi connectivity index (χ0n) is 19.9. The first-order chi connectivity index (χ1) is 16.6. The fourth-order valence-corrected chi connectivity index (χ4v) is 3.62. The topological polar surface area (TPSA) is 159 Å². The lowest BCUT2D eigenvalue weighted by Crippen LogP contribution is -2.60.